The molecule has 1 aromatic carbocycles. The Labute approximate surface area is 183 Å². The molecule has 1 saturated heterocycles. The van der Waals surface area contributed by atoms with Gasteiger partial charge in [0.1, 0.15) is 11.6 Å². The van der Waals surface area contributed by atoms with Gasteiger partial charge in [0.15, 0.2) is 0 Å². The first-order valence-electron chi connectivity index (χ1n) is 10.2. The average Bonchev–Trinajstić information content (AvgIpc) is 2.80. The van der Waals surface area contributed by atoms with Crippen LogP contribution in [0.15, 0.2) is 41.4 Å². The van der Waals surface area contributed by atoms with Crippen LogP contribution in [-0.2, 0) is 14.8 Å². The van der Waals surface area contributed by atoms with E-state index in [0.717, 1.165) is 18.9 Å². The standard InChI is InChI=1S/C21H28N4O5S/c1-4-24(5-2)20-9-6-16(15-22-20)21(26)23-18-14-17(7-8-19(18)29-3)31(27,28)25-10-12-30-13-11-25/h6-9,14-15H,4-5,10-13H2,1-3H3,(H,23,26). The molecular weight excluding hydrogens is 420 g/mol. The lowest BCUT2D eigenvalue weighted by molar-refractivity contribution is 0.0730. The van der Waals surface area contributed by atoms with Gasteiger partial charge in [-0.2, -0.15) is 4.31 Å². The molecule has 0 aliphatic carbocycles. The van der Waals surface area contributed by atoms with E-state index in [1.807, 2.05) is 13.8 Å². The number of carbonyl (C=O) groups is 1. The number of hydrogen-bond acceptors (Lipinski definition) is 7. The van der Waals surface area contributed by atoms with Gasteiger partial charge in [-0.1, -0.05) is 0 Å². The molecule has 0 spiro atoms. The van der Waals surface area contributed by atoms with Crippen LogP contribution in [0.5, 0.6) is 5.75 Å². The normalized spacial score (nSPS) is 14.8. The van der Waals surface area contributed by atoms with E-state index in [1.54, 1.807) is 12.1 Å². The summed E-state index contributed by atoms with van der Waals surface area (Å²) in [5.41, 5.74) is 0.633. The second-order valence-corrected chi connectivity index (χ2v) is 8.85. The largest absolute Gasteiger partial charge is 0.495 e. The van der Waals surface area contributed by atoms with E-state index in [2.05, 4.69) is 15.2 Å². The topological polar surface area (TPSA) is 101 Å². The Morgan fingerprint density at radius 3 is 2.48 bits per heavy atom. The molecule has 1 aliphatic heterocycles. The van der Waals surface area contributed by atoms with Gasteiger partial charge in [0, 0.05) is 32.4 Å². The molecule has 168 valence electrons. The summed E-state index contributed by atoms with van der Waals surface area (Å²) in [5, 5.41) is 2.74. The summed E-state index contributed by atoms with van der Waals surface area (Å²) < 4.78 is 37.8. The fourth-order valence-corrected chi connectivity index (χ4v) is 4.77. The molecule has 1 N–H and O–H groups in total. The second kappa shape index (κ2) is 10.1. The van der Waals surface area contributed by atoms with Gasteiger partial charge in [-0.25, -0.2) is 13.4 Å². The van der Waals surface area contributed by atoms with E-state index in [-0.39, 0.29) is 10.6 Å². The zero-order valence-corrected chi connectivity index (χ0v) is 18.8. The van der Waals surface area contributed by atoms with E-state index < -0.39 is 15.9 Å². The second-order valence-electron chi connectivity index (χ2n) is 6.91. The van der Waals surface area contributed by atoms with Crippen molar-refractivity contribution in [1.29, 1.82) is 0 Å². The van der Waals surface area contributed by atoms with E-state index in [1.165, 1.54) is 35.8 Å². The van der Waals surface area contributed by atoms with Crippen molar-refractivity contribution in [3.8, 4) is 5.75 Å². The molecule has 1 fully saturated rings. The molecule has 9 nitrogen and oxygen atoms in total. The number of morpholine rings is 1. The maximum atomic E-state index is 13.0. The van der Waals surface area contributed by atoms with Crippen LogP contribution in [0.25, 0.3) is 0 Å². The number of ether oxygens (including phenoxy) is 2. The van der Waals surface area contributed by atoms with E-state index in [4.69, 9.17) is 9.47 Å². The van der Waals surface area contributed by atoms with Gasteiger partial charge in [-0.15, -0.1) is 0 Å². The van der Waals surface area contributed by atoms with Crippen molar-refractivity contribution in [2.45, 2.75) is 18.7 Å². The predicted octanol–water partition coefficient (Wildman–Crippen LogP) is 2.21. The number of nitrogens with zero attached hydrogens (tertiary/aromatic N) is 3. The van der Waals surface area contributed by atoms with Gasteiger partial charge in [0.25, 0.3) is 5.91 Å². The monoisotopic (exact) mass is 448 g/mol. The van der Waals surface area contributed by atoms with Crippen LogP contribution in [0.1, 0.15) is 24.2 Å². The summed E-state index contributed by atoms with van der Waals surface area (Å²) in [5.74, 6) is 0.748. The quantitative estimate of drug-likeness (QED) is 0.661. The molecule has 1 aliphatic rings. The predicted molar refractivity (Wildman–Crippen MR) is 118 cm³/mol. The Morgan fingerprint density at radius 2 is 1.90 bits per heavy atom. The maximum absolute atomic E-state index is 13.0. The lowest BCUT2D eigenvalue weighted by Crippen LogP contribution is -2.40. The third kappa shape index (κ3) is 5.15. The number of benzene rings is 1. The van der Waals surface area contributed by atoms with Gasteiger partial charge >= 0.3 is 0 Å². The number of amides is 1. The molecule has 31 heavy (non-hydrogen) atoms. The van der Waals surface area contributed by atoms with E-state index in [0.29, 0.717) is 37.6 Å². The molecule has 0 atom stereocenters. The summed E-state index contributed by atoms with van der Waals surface area (Å²) in [4.78, 5) is 19.3. The first-order chi connectivity index (χ1) is 14.9. The number of pyridine rings is 1. The lowest BCUT2D eigenvalue weighted by Gasteiger charge is -2.26. The Morgan fingerprint density at radius 1 is 1.19 bits per heavy atom. The zero-order valence-electron chi connectivity index (χ0n) is 18.0. The minimum Gasteiger partial charge on any atom is -0.495 e. The third-order valence-corrected chi connectivity index (χ3v) is 7.02. The van der Waals surface area contributed by atoms with Crippen LogP contribution in [0.3, 0.4) is 0 Å². The SMILES string of the molecule is CCN(CC)c1ccc(C(=O)Nc2cc(S(=O)(=O)N3CCOCC3)ccc2OC)cn1. The Balaban J connectivity index is 1.83. The lowest BCUT2D eigenvalue weighted by atomic mass is 10.2. The van der Waals surface area contributed by atoms with Crippen molar-refractivity contribution in [3.05, 3.63) is 42.1 Å². The molecular formula is C21H28N4O5S. The Bertz CT molecular complexity index is 1000. The van der Waals surface area contributed by atoms with Crippen LogP contribution in [0.2, 0.25) is 0 Å². The highest BCUT2D eigenvalue weighted by Crippen LogP contribution is 2.29. The average molecular weight is 449 g/mol. The summed E-state index contributed by atoms with van der Waals surface area (Å²) in [6.45, 7) is 7.01. The molecule has 0 radical (unpaired) electrons. The highest BCUT2D eigenvalue weighted by molar-refractivity contribution is 7.89. The summed E-state index contributed by atoms with van der Waals surface area (Å²) in [7, 11) is -2.24. The Hall–Kier alpha value is -2.69. The number of carbonyl (C=O) groups excluding carboxylic acids is 1. The first kappa shape index (κ1) is 23.0. The molecule has 0 bridgehead atoms. The molecule has 2 heterocycles. The molecule has 10 heteroatoms. The van der Waals surface area contributed by atoms with Crippen molar-refractivity contribution < 1.29 is 22.7 Å². The van der Waals surface area contributed by atoms with Crippen molar-refractivity contribution >= 4 is 27.4 Å². The number of rotatable bonds is 8. The third-order valence-electron chi connectivity index (χ3n) is 5.12. The number of hydrogen-bond donors (Lipinski definition) is 1. The smallest absolute Gasteiger partial charge is 0.257 e. The van der Waals surface area contributed by atoms with Crippen LogP contribution in [0.4, 0.5) is 11.5 Å². The highest BCUT2D eigenvalue weighted by Gasteiger charge is 2.27. The minimum atomic E-state index is -3.70. The van der Waals surface area contributed by atoms with Crippen molar-refractivity contribution in [1.82, 2.24) is 9.29 Å². The summed E-state index contributed by atoms with van der Waals surface area (Å²) in [6.07, 6.45) is 1.50. The number of sulfonamides is 1. The van der Waals surface area contributed by atoms with Gasteiger partial charge in [0.05, 0.1) is 36.5 Å². The van der Waals surface area contributed by atoms with Crippen molar-refractivity contribution in [3.63, 3.8) is 0 Å². The first-order valence-corrected chi connectivity index (χ1v) is 11.6. The molecule has 1 amide bonds. The van der Waals surface area contributed by atoms with Gasteiger partial charge in [-0.3, -0.25) is 4.79 Å². The van der Waals surface area contributed by atoms with Crippen LogP contribution >= 0.6 is 0 Å². The Kier molecular flexibility index (Phi) is 7.47. The van der Waals surface area contributed by atoms with Crippen molar-refractivity contribution in [2.75, 3.05) is 56.7 Å². The van der Waals surface area contributed by atoms with E-state index >= 15 is 0 Å². The number of methoxy groups -OCH3 is 1. The van der Waals surface area contributed by atoms with Gasteiger partial charge < -0.3 is 19.7 Å². The number of anilines is 2. The molecule has 0 unspecified atom stereocenters. The van der Waals surface area contributed by atoms with Crippen molar-refractivity contribution in [2.24, 2.45) is 0 Å². The summed E-state index contributed by atoms with van der Waals surface area (Å²) in [6, 6.07) is 7.90. The van der Waals surface area contributed by atoms with Gasteiger partial charge in [-0.05, 0) is 44.2 Å². The highest BCUT2D eigenvalue weighted by atomic mass is 32.2. The summed E-state index contributed by atoms with van der Waals surface area (Å²) >= 11 is 0. The van der Waals surface area contributed by atoms with Gasteiger partial charge in [0.2, 0.25) is 10.0 Å². The molecule has 3 rings (SSSR count). The molecule has 0 saturated carbocycles. The van der Waals surface area contributed by atoms with E-state index in [9.17, 15) is 13.2 Å². The molecule has 2 aromatic rings. The molecule has 1 aromatic heterocycles. The fourth-order valence-electron chi connectivity index (χ4n) is 3.33. The maximum Gasteiger partial charge on any atom is 0.257 e. The number of nitrogens with one attached hydrogen (secondary N) is 1. The van der Waals surface area contributed by atoms with Crippen LogP contribution in [0, 0.1) is 0 Å². The zero-order chi connectivity index (χ0) is 22.4. The van der Waals surface area contributed by atoms with Crippen LogP contribution < -0.4 is 15.0 Å². The minimum absolute atomic E-state index is 0.0838. The fraction of sp³-hybridized carbons (Fsp3) is 0.429. The number of aromatic nitrogens is 1. The van der Waals surface area contributed by atoms with Crippen LogP contribution in [-0.4, -0.2) is 70.1 Å².